The van der Waals surface area contributed by atoms with Gasteiger partial charge in [-0.3, -0.25) is 0 Å². The zero-order valence-corrected chi connectivity index (χ0v) is 17.3. The summed E-state index contributed by atoms with van der Waals surface area (Å²) in [5, 5.41) is 16.8. The van der Waals surface area contributed by atoms with Gasteiger partial charge in [-0.15, -0.1) is 5.11 Å². The Kier molecular flexibility index (Phi) is 5.59. The van der Waals surface area contributed by atoms with Crippen molar-refractivity contribution in [2.75, 3.05) is 0 Å². The van der Waals surface area contributed by atoms with Gasteiger partial charge in [-0.25, -0.2) is 25.3 Å². The molecule has 0 heterocycles. The Morgan fingerprint density at radius 3 is 1.77 bits per heavy atom. The fourth-order valence-corrected chi connectivity index (χ4v) is 4.41. The molecule has 0 aliphatic carbocycles. The number of nitrogens with zero attached hydrogens (tertiary/aromatic N) is 2. The molecular weight excluding hydrogens is 476 g/mol. The summed E-state index contributed by atoms with van der Waals surface area (Å²) in [5.74, 6) is -0.627. The highest BCUT2D eigenvalue weighted by Gasteiger charge is 2.18. The van der Waals surface area contributed by atoms with Crippen molar-refractivity contribution in [3.05, 3.63) is 48.5 Å². The molecule has 0 aliphatic heterocycles. The van der Waals surface area contributed by atoms with Crippen molar-refractivity contribution >= 4 is 52.5 Å². The quantitative estimate of drug-likeness (QED) is 0.407. The second-order valence-corrected chi connectivity index (χ2v) is 10.1. The topological polar surface area (TPSA) is 217 Å². The smallest absolute Gasteiger partial charge is 0.143 e. The minimum Gasteiger partial charge on any atom is -0.744 e. The first-order chi connectivity index (χ1) is 14.2. The van der Waals surface area contributed by atoms with E-state index in [9.17, 15) is 44.0 Å². The average molecular weight is 485 g/mol. The van der Waals surface area contributed by atoms with Crippen LogP contribution >= 0.6 is 0 Å². The molecule has 3 aromatic rings. The molecule has 0 fully saturated rings. The predicted molar refractivity (Wildman–Crippen MR) is 100 cm³/mol. The molecule has 3 aromatic carbocycles. The molecule has 0 unspecified atom stereocenters. The Balaban J connectivity index is 2.25. The fraction of sp³-hybridized carbons (Fsp3) is 0. The van der Waals surface area contributed by atoms with E-state index in [1.165, 1.54) is 0 Å². The van der Waals surface area contributed by atoms with Crippen LogP contribution in [0, 0.1) is 0 Å². The lowest BCUT2D eigenvalue weighted by atomic mass is 10.1. The Hall–Kier alpha value is -2.95. The van der Waals surface area contributed by atoms with E-state index in [1.54, 1.807) is 0 Å². The van der Waals surface area contributed by atoms with E-state index < -0.39 is 61.9 Å². The lowest BCUT2D eigenvalue weighted by Crippen LogP contribution is -2.05. The van der Waals surface area contributed by atoms with Crippen LogP contribution in [0.25, 0.3) is 10.8 Å². The van der Waals surface area contributed by atoms with Crippen LogP contribution in [0.2, 0.25) is 0 Å². The van der Waals surface area contributed by atoms with Crippen molar-refractivity contribution < 1.29 is 44.0 Å². The molecular formula is C16H9N2O10S3-3. The van der Waals surface area contributed by atoms with Crippen LogP contribution in [0.3, 0.4) is 0 Å². The molecule has 12 nitrogen and oxygen atoms in total. The Labute approximate surface area is 175 Å². The van der Waals surface area contributed by atoms with Crippen molar-refractivity contribution in [3.8, 4) is 5.75 Å². The highest BCUT2D eigenvalue weighted by molar-refractivity contribution is 7.86. The van der Waals surface area contributed by atoms with Gasteiger partial charge < -0.3 is 18.8 Å². The number of phenolic OH excluding ortho intramolecular Hbond substituents is 1. The number of azo groups is 1. The third-order valence-corrected chi connectivity index (χ3v) is 6.48. The SMILES string of the molecule is O=S(=O)([O-])c1ccc(N=Nc2c(O)ccc3cc(S(=O)(=O)[O-])cc(S(=O)(=O)[O-])c23)cc1. The minimum absolute atomic E-state index is 0.00547. The zero-order chi connectivity index (χ0) is 23.2. The molecule has 15 heteroatoms. The van der Waals surface area contributed by atoms with Crippen molar-refractivity contribution in [2.45, 2.75) is 14.7 Å². The summed E-state index contributed by atoms with van der Waals surface area (Å²) in [6.07, 6.45) is 0. The number of aromatic hydroxyl groups is 1. The second kappa shape index (κ2) is 7.63. The summed E-state index contributed by atoms with van der Waals surface area (Å²) in [4.78, 5) is -2.62. The van der Waals surface area contributed by atoms with E-state index in [4.69, 9.17) is 0 Å². The molecule has 0 atom stereocenters. The zero-order valence-electron chi connectivity index (χ0n) is 14.9. The monoisotopic (exact) mass is 485 g/mol. The molecule has 0 spiro atoms. The first kappa shape index (κ1) is 22.7. The van der Waals surface area contributed by atoms with E-state index in [0.717, 1.165) is 42.5 Å². The van der Waals surface area contributed by atoms with Crippen molar-refractivity contribution in [2.24, 2.45) is 10.2 Å². The van der Waals surface area contributed by atoms with Gasteiger partial charge in [0, 0.05) is 5.39 Å². The third-order valence-electron chi connectivity index (χ3n) is 3.96. The number of hydrogen-bond acceptors (Lipinski definition) is 12. The van der Waals surface area contributed by atoms with Crippen molar-refractivity contribution in [1.29, 1.82) is 0 Å². The molecule has 0 radical (unpaired) electrons. The van der Waals surface area contributed by atoms with Crippen LogP contribution in [0.5, 0.6) is 5.75 Å². The maximum atomic E-state index is 11.7. The van der Waals surface area contributed by atoms with Gasteiger partial charge in [0.2, 0.25) is 0 Å². The summed E-state index contributed by atoms with van der Waals surface area (Å²) in [6, 6.07) is 7.33. The number of phenols is 1. The number of hydrogen-bond donors (Lipinski definition) is 1. The van der Waals surface area contributed by atoms with E-state index in [-0.39, 0.29) is 11.1 Å². The molecule has 0 aliphatic rings. The van der Waals surface area contributed by atoms with Gasteiger partial charge >= 0.3 is 0 Å². The highest BCUT2D eigenvalue weighted by atomic mass is 32.2. The van der Waals surface area contributed by atoms with Gasteiger partial charge in [-0.2, -0.15) is 5.11 Å². The van der Waals surface area contributed by atoms with Crippen LogP contribution in [0.4, 0.5) is 11.4 Å². The van der Waals surface area contributed by atoms with Gasteiger partial charge in [-0.05, 0) is 47.9 Å². The van der Waals surface area contributed by atoms with Gasteiger partial charge in [-0.1, -0.05) is 6.07 Å². The molecule has 3 rings (SSSR count). The molecule has 0 saturated heterocycles. The molecule has 0 saturated carbocycles. The van der Waals surface area contributed by atoms with Crippen LogP contribution in [-0.4, -0.2) is 44.0 Å². The van der Waals surface area contributed by atoms with Gasteiger partial charge in [0.1, 0.15) is 41.8 Å². The molecule has 0 amide bonds. The van der Waals surface area contributed by atoms with Crippen molar-refractivity contribution in [3.63, 3.8) is 0 Å². The molecule has 164 valence electrons. The minimum atomic E-state index is -5.32. The number of benzene rings is 3. The van der Waals surface area contributed by atoms with Gasteiger partial charge in [0.05, 0.1) is 20.4 Å². The Morgan fingerprint density at radius 1 is 0.677 bits per heavy atom. The molecule has 0 aromatic heterocycles. The first-order valence-electron chi connectivity index (χ1n) is 7.87. The molecule has 1 N–H and O–H groups in total. The van der Waals surface area contributed by atoms with E-state index in [0.29, 0.717) is 6.07 Å². The first-order valence-corrected chi connectivity index (χ1v) is 12.1. The van der Waals surface area contributed by atoms with E-state index in [1.807, 2.05) is 0 Å². The number of rotatable bonds is 5. The van der Waals surface area contributed by atoms with E-state index in [2.05, 4.69) is 10.2 Å². The lowest BCUT2D eigenvalue weighted by molar-refractivity contribution is 0.459. The summed E-state index contributed by atoms with van der Waals surface area (Å²) >= 11 is 0. The fourth-order valence-electron chi connectivity index (χ4n) is 2.60. The van der Waals surface area contributed by atoms with E-state index >= 15 is 0 Å². The van der Waals surface area contributed by atoms with Crippen molar-refractivity contribution in [1.82, 2.24) is 0 Å². The highest BCUT2D eigenvalue weighted by Crippen LogP contribution is 2.40. The van der Waals surface area contributed by atoms with Gasteiger partial charge in [0.15, 0.2) is 0 Å². The normalized spacial score (nSPS) is 13.1. The Morgan fingerprint density at radius 2 is 1.26 bits per heavy atom. The summed E-state index contributed by atoms with van der Waals surface area (Å²) in [7, 11) is -15.1. The summed E-state index contributed by atoms with van der Waals surface area (Å²) in [6.45, 7) is 0. The largest absolute Gasteiger partial charge is 0.744 e. The van der Waals surface area contributed by atoms with Crippen LogP contribution < -0.4 is 0 Å². The van der Waals surface area contributed by atoms with Crippen LogP contribution in [-0.2, 0) is 30.4 Å². The number of fused-ring (bicyclic) bond motifs is 1. The third kappa shape index (κ3) is 4.87. The van der Waals surface area contributed by atoms with Crippen LogP contribution in [0.1, 0.15) is 0 Å². The predicted octanol–water partition coefficient (Wildman–Crippen LogP) is 1.67. The Bertz CT molecular complexity index is 1540. The molecule has 0 bridgehead atoms. The molecule has 31 heavy (non-hydrogen) atoms. The maximum Gasteiger partial charge on any atom is 0.143 e. The van der Waals surface area contributed by atoms with Crippen LogP contribution in [0.15, 0.2) is 73.4 Å². The van der Waals surface area contributed by atoms with Gasteiger partial charge in [0.25, 0.3) is 0 Å². The standard InChI is InChI=1S/C16H12N2O10S3/c19-13-6-1-9-7-12(30(23,24)25)8-14(31(26,27)28)15(9)16(13)18-17-10-2-4-11(5-3-10)29(20,21)22/h1-8,19H,(H,20,21,22)(H,23,24,25)(H,26,27,28)/p-3. The lowest BCUT2D eigenvalue weighted by Gasteiger charge is -2.16. The summed E-state index contributed by atoms with van der Waals surface area (Å²) in [5.41, 5.74) is -0.531. The summed E-state index contributed by atoms with van der Waals surface area (Å²) < 4.78 is 102. The maximum absolute atomic E-state index is 11.7. The average Bonchev–Trinajstić information content (AvgIpc) is 2.64. The second-order valence-electron chi connectivity index (χ2n) is 6.01.